The Morgan fingerprint density at radius 3 is 1.94 bits per heavy atom. The fraction of sp³-hybridized carbons (Fsp3) is 1.00. The predicted octanol–water partition coefficient (Wildman–Crippen LogP) is 4.45. The maximum atomic E-state index is 6.39. The van der Waals surface area contributed by atoms with E-state index in [2.05, 4.69) is 41.5 Å². The van der Waals surface area contributed by atoms with E-state index in [9.17, 15) is 0 Å². The van der Waals surface area contributed by atoms with Gasteiger partial charge in [0.15, 0.2) is 0 Å². The molecule has 0 aromatic heterocycles. The highest BCUT2D eigenvalue weighted by Crippen LogP contribution is 2.72. The van der Waals surface area contributed by atoms with Crippen molar-refractivity contribution in [1.29, 1.82) is 0 Å². The van der Waals surface area contributed by atoms with Gasteiger partial charge < -0.3 is 0 Å². The first-order chi connectivity index (χ1) is 7.09. The molecule has 0 heterocycles. The molecule has 0 saturated heterocycles. The summed E-state index contributed by atoms with van der Waals surface area (Å²) in [6.45, 7) is 14.5. The summed E-state index contributed by atoms with van der Waals surface area (Å²) in [6, 6.07) is 0. The van der Waals surface area contributed by atoms with Gasteiger partial charge in [-0.15, -0.1) is 0 Å². The van der Waals surface area contributed by atoms with Gasteiger partial charge in [0.1, 0.15) is 0 Å². The molecule has 2 fully saturated rings. The van der Waals surface area contributed by atoms with Gasteiger partial charge in [-0.25, -0.2) is 0 Å². The van der Waals surface area contributed by atoms with E-state index in [1.165, 1.54) is 19.3 Å². The Balaban J connectivity index is 2.44. The smallest absolute Gasteiger partial charge is 0.0703 e. The zero-order valence-corrected chi connectivity index (χ0v) is 11.9. The van der Waals surface area contributed by atoms with Gasteiger partial charge in [-0.1, -0.05) is 60.2 Å². The molecule has 2 rings (SSSR count). The van der Waals surface area contributed by atoms with Crippen LogP contribution in [0, 0.1) is 28.1 Å². The van der Waals surface area contributed by atoms with E-state index in [1.54, 1.807) is 0 Å². The molecule has 1 heteroatoms. The van der Waals surface area contributed by atoms with Gasteiger partial charge in [-0.3, -0.25) is 0 Å². The molecular formula is C15H27B. The SMILES string of the molecule is [B][C@@H]1C[C@@]2(C(C)(C)C)CCC1[C@H]2C(C)(C)C. The lowest BCUT2D eigenvalue weighted by atomic mass is 9.56. The second kappa shape index (κ2) is 3.30. The fourth-order valence-corrected chi connectivity index (χ4v) is 5.04. The normalized spacial score (nSPS) is 44.0. The summed E-state index contributed by atoms with van der Waals surface area (Å²) in [5.74, 6) is 2.05. The van der Waals surface area contributed by atoms with Gasteiger partial charge in [-0.2, -0.15) is 0 Å². The van der Waals surface area contributed by atoms with Crippen LogP contribution in [0.4, 0.5) is 0 Å². The van der Waals surface area contributed by atoms with Crippen LogP contribution in [-0.4, -0.2) is 7.85 Å². The number of hydrogen-bond acceptors (Lipinski definition) is 0. The topological polar surface area (TPSA) is 0 Å². The van der Waals surface area contributed by atoms with Gasteiger partial charge in [0, 0.05) is 0 Å². The Kier molecular flexibility index (Phi) is 2.58. The highest BCUT2D eigenvalue weighted by atomic mass is 14.7. The van der Waals surface area contributed by atoms with Crippen LogP contribution in [0.2, 0.25) is 5.82 Å². The molecule has 16 heavy (non-hydrogen) atoms. The minimum Gasteiger partial charge on any atom is -0.0737 e. The molecule has 2 bridgehead atoms. The van der Waals surface area contributed by atoms with E-state index < -0.39 is 0 Å². The third-order valence-electron chi connectivity index (χ3n) is 5.52. The molecule has 0 N–H and O–H groups in total. The monoisotopic (exact) mass is 218 g/mol. The molecule has 0 amide bonds. The van der Waals surface area contributed by atoms with E-state index in [0.29, 0.717) is 22.1 Å². The van der Waals surface area contributed by atoms with Crippen molar-refractivity contribution in [3.63, 3.8) is 0 Å². The van der Waals surface area contributed by atoms with Gasteiger partial charge >= 0.3 is 0 Å². The van der Waals surface area contributed by atoms with Crippen molar-refractivity contribution in [2.75, 3.05) is 0 Å². The first-order valence-corrected chi connectivity index (χ1v) is 6.85. The van der Waals surface area contributed by atoms with Gasteiger partial charge in [0.05, 0.1) is 7.85 Å². The standard InChI is InChI=1S/C15H27B/c1-13(2,3)12-10-7-8-15(12,9-11(10)16)14(4,5)6/h10-12H,7-9H2,1-6H3/t10?,11-,12+,15+/m1/s1. The summed E-state index contributed by atoms with van der Waals surface area (Å²) >= 11 is 0. The summed E-state index contributed by atoms with van der Waals surface area (Å²) in [5, 5.41) is 0. The lowest BCUT2D eigenvalue weighted by Gasteiger charge is -2.49. The Morgan fingerprint density at radius 2 is 1.62 bits per heavy atom. The van der Waals surface area contributed by atoms with Crippen molar-refractivity contribution in [2.24, 2.45) is 28.1 Å². The van der Waals surface area contributed by atoms with Crippen molar-refractivity contribution < 1.29 is 0 Å². The van der Waals surface area contributed by atoms with E-state index in [1.807, 2.05) is 0 Å². The Labute approximate surface area is 103 Å². The molecule has 2 saturated carbocycles. The molecule has 0 aliphatic heterocycles. The Bertz CT molecular complexity index is 281. The highest BCUT2D eigenvalue weighted by Gasteiger charge is 2.63. The summed E-state index contributed by atoms with van der Waals surface area (Å²) in [6.07, 6.45) is 4.01. The number of rotatable bonds is 0. The molecule has 4 atom stereocenters. The van der Waals surface area contributed by atoms with Crippen molar-refractivity contribution in [2.45, 2.75) is 66.6 Å². The first-order valence-electron chi connectivity index (χ1n) is 6.85. The van der Waals surface area contributed by atoms with Crippen LogP contribution in [0.1, 0.15) is 60.8 Å². The molecule has 90 valence electrons. The number of hydrogen-bond donors (Lipinski definition) is 0. The second-order valence-corrected chi connectivity index (χ2v) is 8.32. The van der Waals surface area contributed by atoms with Crippen LogP contribution in [0.25, 0.3) is 0 Å². The minimum atomic E-state index is 0.397. The van der Waals surface area contributed by atoms with Crippen LogP contribution in [0.5, 0.6) is 0 Å². The largest absolute Gasteiger partial charge is 0.0737 e. The average Bonchev–Trinajstić information content (AvgIpc) is 2.53. The van der Waals surface area contributed by atoms with E-state index in [-0.39, 0.29) is 0 Å². The van der Waals surface area contributed by atoms with Crippen LogP contribution in [-0.2, 0) is 0 Å². The van der Waals surface area contributed by atoms with Crippen molar-refractivity contribution in [1.82, 2.24) is 0 Å². The zero-order chi connectivity index (χ0) is 12.4. The Hall–Kier alpha value is 0.0649. The highest BCUT2D eigenvalue weighted by molar-refractivity contribution is 6.12. The van der Waals surface area contributed by atoms with E-state index in [0.717, 1.165) is 11.8 Å². The van der Waals surface area contributed by atoms with E-state index in [4.69, 9.17) is 7.85 Å². The molecule has 0 spiro atoms. The van der Waals surface area contributed by atoms with Crippen LogP contribution < -0.4 is 0 Å². The van der Waals surface area contributed by atoms with Crippen LogP contribution in [0.15, 0.2) is 0 Å². The predicted molar refractivity (Wildman–Crippen MR) is 71.7 cm³/mol. The molecule has 2 aliphatic carbocycles. The molecule has 2 radical (unpaired) electrons. The quantitative estimate of drug-likeness (QED) is 0.527. The summed E-state index contributed by atoms with van der Waals surface area (Å²) in [7, 11) is 6.39. The molecular weight excluding hydrogens is 191 g/mol. The minimum absolute atomic E-state index is 0.397. The maximum absolute atomic E-state index is 6.39. The molecule has 0 nitrogen and oxygen atoms in total. The molecule has 1 unspecified atom stereocenters. The van der Waals surface area contributed by atoms with Crippen LogP contribution >= 0.6 is 0 Å². The lowest BCUT2D eigenvalue weighted by Crippen LogP contribution is -2.42. The number of fused-ring (bicyclic) bond motifs is 2. The van der Waals surface area contributed by atoms with Gasteiger partial charge in [0.25, 0.3) is 0 Å². The summed E-state index contributed by atoms with van der Waals surface area (Å²) < 4.78 is 0. The Morgan fingerprint density at radius 1 is 1.06 bits per heavy atom. The molecule has 2 aliphatic rings. The summed E-state index contributed by atoms with van der Waals surface area (Å²) in [5.41, 5.74) is 1.30. The van der Waals surface area contributed by atoms with Crippen molar-refractivity contribution in [3.8, 4) is 0 Å². The van der Waals surface area contributed by atoms with Gasteiger partial charge in [-0.05, 0) is 34.5 Å². The first kappa shape index (κ1) is 12.5. The summed E-state index contributed by atoms with van der Waals surface area (Å²) in [4.78, 5) is 0. The molecule has 0 aromatic rings. The maximum Gasteiger partial charge on any atom is 0.0703 e. The van der Waals surface area contributed by atoms with Crippen molar-refractivity contribution in [3.05, 3.63) is 0 Å². The lowest BCUT2D eigenvalue weighted by molar-refractivity contribution is -0.000885. The van der Waals surface area contributed by atoms with Crippen LogP contribution in [0.3, 0.4) is 0 Å². The van der Waals surface area contributed by atoms with Gasteiger partial charge in [0.2, 0.25) is 0 Å². The second-order valence-electron chi connectivity index (χ2n) is 8.32. The molecule has 0 aromatic carbocycles. The zero-order valence-electron chi connectivity index (χ0n) is 11.9. The van der Waals surface area contributed by atoms with E-state index >= 15 is 0 Å². The van der Waals surface area contributed by atoms with Crippen molar-refractivity contribution >= 4 is 7.85 Å². The third kappa shape index (κ3) is 1.50. The fourth-order valence-electron chi connectivity index (χ4n) is 5.04. The average molecular weight is 218 g/mol. The third-order valence-corrected chi connectivity index (χ3v) is 5.52.